The van der Waals surface area contributed by atoms with E-state index in [1.165, 1.54) is 6.07 Å². The number of para-hydroxylation sites is 1. The largest absolute Gasteiger partial charge is 0.385 e. The predicted octanol–water partition coefficient (Wildman–Crippen LogP) is 2.42. The first-order valence-electron chi connectivity index (χ1n) is 7.54. The second-order valence-electron chi connectivity index (χ2n) is 5.59. The molecule has 1 aromatic rings. The topological polar surface area (TPSA) is 35.6 Å². The highest BCUT2D eigenvalue weighted by Gasteiger charge is 2.28. The van der Waals surface area contributed by atoms with E-state index >= 15 is 0 Å². The van der Waals surface area contributed by atoms with Gasteiger partial charge in [0, 0.05) is 26.2 Å². The average molecular weight is 293 g/mol. The van der Waals surface area contributed by atoms with Crippen molar-refractivity contribution in [3.63, 3.8) is 0 Å². The normalized spacial score (nSPS) is 20.2. The highest BCUT2D eigenvalue weighted by molar-refractivity contribution is 5.99. The van der Waals surface area contributed by atoms with Gasteiger partial charge in [-0.25, -0.2) is 4.39 Å². The molecule has 1 atom stereocenters. The summed E-state index contributed by atoms with van der Waals surface area (Å²) in [6.07, 6.45) is 1.85. The van der Waals surface area contributed by atoms with E-state index in [0.717, 1.165) is 32.5 Å². The third kappa shape index (κ3) is 3.35. The maximum atomic E-state index is 13.9. The number of anilines is 1. The fraction of sp³-hybridized carbons (Fsp3) is 0.562. The predicted molar refractivity (Wildman–Crippen MR) is 83.2 cm³/mol. The Morgan fingerprint density at radius 3 is 2.86 bits per heavy atom. The summed E-state index contributed by atoms with van der Waals surface area (Å²) in [4.78, 5) is 17.0. The minimum Gasteiger partial charge on any atom is -0.385 e. The Hall–Kier alpha value is -1.62. The fourth-order valence-corrected chi connectivity index (χ4v) is 2.97. The van der Waals surface area contributed by atoms with Gasteiger partial charge in [0.25, 0.3) is 5.91 Å². The average Bonchev–Trinajstić information content (AvgIpc) is 2.67. The van der Waals surface area contributed by atoms with Crippen molar-refractivity contribution >= 4 is 11.6 Å². The van der Waals surface area contributed by atoms with E-state index in [1.54, 1.807) is 19.2 Å². The fourth-order valence-electron chi connectivity index (χ4n) is 2.97. The van der Waals surface area contributed by atoms with E-state index in [0.29, 0.717) is 5.56 Å². The van der Waals surface area contributed by atoms with E-state index in [2.05, 4.69) is 24.2 Å². The van der Waals surface area contributed by atoms with Gasteiger partial charge >= 0.3 is 0 Å². The Kier molecular flexibility index (Phi) is 5.17. The third-order valence-electron chi connectivity index (χ3n) is 4.13. The minimum atomic E-state index is -0.386. The molecule has 0 spiro atoms. The molecule has 116 valence electrons. The Bertz CT molecular complexity index is 506. The van der Waals surface area contributed by atoms with Crippen molar-refractivity contribution in [3.8, 4) is 0 Å². The Balaban J connectivity index is 2.31. The standard InChI is InChI=1S/C16H24FN3O/c1-4-12-11-19(3)9-6-10-20(12)16(21)13-7-5-8-14(17)15(13)18-2/h5,7-8,12,18H,4,6,9-11H2,1-3H3. The maximum absolute atomic E-state index is 13.9. The number of likely N-dealkylation sites (N-methyl/N-ethyl adjacent to an activating group) is 1. The monoisotopic (exact) mass is 293 g/mol. The first kappa shape index (κ1) is 15.8. The molecule has 21 heavy (non-hydrogen) atoms. The Morgan fingerprint density at radius 2 is 2.19 bits per heavy atom. The van der Waals surface area contributed by atoms with Crippen LogP contribution in [0.2, 0.25) is 0 Å². The lowest BCUT2D eigenvalue weighted by Gasteiger charge is -2.31. The molecule has 0 aromatic heterocycles. The molecule has 1 amide bonds. The van der Waals surface area contributed by atoms with Crippen LogP contribution in [0.25, 0.3) is 0 Å². The van der Waals surface area contributed by atoms with Crippen molar-refractivity contribution in [2.75, 3.05) is 39.0 Å². The van der Waals surface area contributed by atoms with Crippen LogP contribution in [0.4, 0.5) is 10.1 Å². The summed E-state index contributed by atoms with van der Waals surface area (Å²) in [7, 11) is 3.72. The van der Waals surface area contributed by atoms with Crippen LogP contribution >= 0.6 is 0 Å². The van der Waals surface area contributed by atoms with Crippen molar-refractivity contribution < 1.29 is 9.18 Å². The molecule has 0 bridgehead atoms. The molecular weight excluding hydrogens is 269 g/mol. The number of amides is 1. The second-order valence-corrected chi connectivity index (χ2v) is 5.59. The van der Waals surface area contributed by atoms with Gasteiger partial charge in [-0.1, -0.05) is 13.0 Å². The molecule has 1 unspecified atom stereocenters. The number of nitrogens with one attached hydrogen (secondary N) is 1. The zero-order valence-corrected chi connectivity index (χ0v) is 13.0. The van der Waals surface area contributed by atoms with Gasteiger partial charge in [-0.15, -0.1) is 0 Å². The van der Waals surface area contributed by atoms with Crippen LogP contribution < -0.4 is 5.32 Å². The van der Waals surface area contributed by atoms with Gasteiger partial charge in [0.05, 0.1) is 11.3 Å². The van der Waals surface area contributed by atoms with Crippen LogP contribution in [-0.4, -0.2) is 55.5 Å². The van der Waals surface area contributed by atoms with Crippen molar-refractivity contribution in [2.24, 2.45) is 0 Å². The summed E-state index contributed by atoms with van der Waals surface area (Å²) in [6.45, 7) is 4.67. The minimum absolute atomic E-state index is 0.0824. The molecule has 4 nitrogen and oxygen atoms in total. The molecular formula is C16H24FN3O. The third-order valence-corrected chi connectivity index (χ3v) is 4.13. The summed E-state index contributed by atoms with van der Waals surface area (Å²) in [6, 6.07) is 4.83. The van der Waals surface area contributed by atoms with Crippen LogP contribution in [-0.2, 0) is 0 Å². The van der Waals surface area contributed by atoms with E-state index < -0.39 is 0 Å². The van der Waals surface area contributed by atoms with E-state index in [9.17, 15) is 9.18 Å². The van der Waals surface area contributed by atoms with E-state index in [-0.39, 0.29) is 23.5 Å². The summed E-state index contributed by atoms with van der Waals surface area (Å²) >= 11 is 0. The number of hydrogen-bond acceptors (Lipinski definition) is 3. The maximum Gasteiger partial charge on any atom is 0.256 e. The smallest absolute Gasteiger partial charge is 0.256 e. The molecule has 0 aliphatic carbocycles. The van der Waals surface area contributed by atoms with Gasteiger partial charge in [-0.3, -0.25) is 4.79 Å². The van der Waals surface area contributed by atoms with Crippen LogP contribution in [0, 0.1) is 5.82 Å². The summed E-state index contributed by atoms with van der Waals surface area (Å²) in [5, 5.41) is 2.81. The van der Waals surface area contributed by atoms with Gasteiger partial charge in [0.15, 0.2) is 0 Å². The first-order chi connectivity index (χ1) is 10.1. The lowest BCUT2D eigenvalue weighted by atomic mass is 10.1. The number of carbonyl (C=O) groups excluding carboxylic acids is 1. The van der Waals surface area contributed by atoms with Crippen molar-refractivity contribution in [2.45, 2.75) is 25.8 Å². The highest BCUT2D eigenvalue weighted by atomic mass is 19.1. The Labute approximate surface area is 125 Å². The summed E-state index contributed by atoms with van der Waals surface area (Å²) < 4.78 is 13.9. The van der Waals surface area contributed by atoms with Crippen molar-refractivity contribution in [3.05, 3.63) is 29.6 Å². The molecule has 2 rings (SSSR count). The molecule has 5 heteroatoms. The van der Waals surface area contributed by atoms with Gasteiger partial charge in [-0.05, 0) is 38.6 Å². The van der Waals surface area contributed by atoms with Crippen LogP contribution in [0.15, 0.2) is 18.2 Å². The van der Waals surface area contributed by atoms with Crippen molar-refractivity contribution in [1.82, 2.24) is 9.80 Å². The number of nitrogens with zero attached hydrogens (tertiary/aromatic N) is 2. The molecule has 1 fully saturated rings. The van der Waals surface area contributed by atoms with E-state index in [1.807, 2.05) is 4.90 Å². The van der Waals surface area contributed by atoms with E-state index in [4.69, 9.17) is 0 Å². The van der Waals surface area contributed by atoms with Gasteiger partial charge in [0.2, 0.25) is 0 Å². The molecule has 1 saturated heterocycles. The molecule has 1 heterocycles. The molecule has 1 N–H and O–H groups in total. The summed E-state index contributed by atoms with van der Waals surface area (Å²) in [5.41, 5.74) is 0.704. The Morgan fingerprint density at radius 1 is 1.43 bits per heavy atom. The number of carbonyl (C=O) groups is 1. The number of hydrogen-bond donors (Lipinski definition) is 1. The SMILES string of the molecule is CCC1CN(C)CCCN1C(=O)c1cccc(F)c1NC. The molecule has 1 aliphatic rings. The van der Waals surface area contributed by atoms with Crippen LogP contribution in [0.5, 0.6) is 0 Å². The van der Waals surface area contributed by atoms with Crippen LogP contribution in [0.3, 0.4) is 0 Å². The lowest BCUT2D eigenvalue weighted by molar-refractivity contribution is 0.0676. The second kappa shape index (κ2) is 6.89. The first-order valence-corrected chi connectivity index (χ1v) is 7.54. The van der Waals surface area contributed by atoms with Gasteiger partial charge < -0.3 is 15.1 Å². The highest BCUT2D eigenvalue weighted by Crippen LogP contribution is 2.23. The summed E-state index contributed by atoms with van der Waals surface area (Å²) in [5.74, 6) is -0.468. The number of benzene rings is 1. The molecule has 0 saturated carbocycles. The van der Waals surface area contributed by atoms with Crippen molar-refractivity contribution in [1.29, 1.82) is 0 Å². The van der Waals surface area contributed by atoms with Gasteiger partial charge in [-0.2, -0.15) is 0 Å². The molecule has 0 radical (unpaired) electrons. The van der Waals surface area contributed by atoms with Gasteiger partial charge in [0.1, 0.15) is 5.82 Å². The zero-order valence-electron chi connectivity index (χ0n) is 13.0. The van der Waals surface area contributed by atoms with Crippen LogP contribution in [0.1, 0.15) is 30.1 Å². The zero-order chi connectivity index (χ0) is 15.4. The number of halogens is 1. The molecule has 1 aliphatic heterocycles. The molecule has 1 aromatic carbocycles. The quantitative estimate of drug-likeness (QED) is 0.929. The number of rotatable bonds is 3. The lowest BCUT2D eigenvalue weighted by Crippen LogP contribution is -2.43.